The van der Waals surface area contributed by atoms with Gasteiger partial charge in [-0.15, -0.1) is 11.3 Å². The fourth-order valence-corrected chi connectivity index (χ4v) is 3.29. The molecule has 0 spiro atoms. The highest BCUT2D eigenvalue weighted by Gasteiger charge is 2.08. The molecule has 2 aromatic heterocycles. The molecule has 24 heavy (non-hydrogen) atoms. The molecule has 7 heteroatoms. The summed E-state index contributed by atoms with van der Waals surface area (Å²) in [6.07, 6.45) is 4.30. The van der Waals surface area contributed by atoms with Gasteiger partial charge in [0, 0.05) is 23.7 Å². The summed E-state index contributed by atoms with van der Waals surface area (Å²) in [5, 5.41) is 10.3. The number of phenolic OH excluding ortho intramolecular Hbond substituents is 1. The molecule has 1 aromatic carbocycles. The summed E-state index contributed by atoms with van der Waals surface area (Å²) in [5.41, 5.74) is 0.170. The number of rotatable bonds is 3. The van der Waals surface area contributed by atoms with Crippen LogP contribution in [-0.2, 0) is 7.05 Å². The zero-order chi connectivity index (χ0) is 17.3. The molecule has 0 fully saturated rings. The van der Waals surface area contributed by atoms with Crippen LogP contribution < -0.4 is 14.8 Å². The summed E-state index contributed by atoms with van der Waals surface area (Å²) in [5.74, 6) is -0.102. The van der Waals surface area contributed by atoms with Crippen molar-refractivity contribution in [1.82, 2.24) is 4.57 Å². The van der Waals surface area contributed by atoms with E-state index in [1.54, 1.807) is 37.4 Å². The number of halogens is 1. The molecule has 0 radical (unpaired) electrons. The number of hydrogen-bond acceptors (Lipinski definition) is 5. The minimum absolute atomic E-state index is 0.0204. The van der Waals surface area contributed by atoms with Crippen molar-refractivity contribution in [3.8, 4) is 5.75 Å². The van der Waals surface area contributed by atoms with E-state index in [0.29, 0.717) is 19.8 Å². The molecule has 0 aliphatic carbocycles. The average molecular weight is 362 g/mol. The van der Waals surface area contributed by atoms with Crippen LogP contribution in [0.4, 0.5) is 0 Å². The van der Waals surface area contributed by atoms with Gasteiger partial charge < -0.3 is 14.1 Å². The Labute approximate surface area is 145 Å². The number of carbonyl (C=O) groups excluding carboxylic acids is 1. The Kier molecular flexibility index (Phi) is 4.42. The number of thiazole rings is 1. The van der Waals surface area contributed by atoms with E-state index >= 15 is 0 Å². The topological polar surface area (TPSA) is 72.4 Å². The Morgan fingerprint density at radius 1 is 1.38 bits per heavy atom. The number of benzene rings is 1. The molecule has 5 nitrogen and oxygen atoms in total. The molecule has 0 saturated heterocycles. The predicted octanol–water partition coefficient (Wildman–Crippen LogP) is 1.89. The molecule has 0 unspecified atom stereocenters. The van der Waals surface area contributed by atoms with Crippen molar-refractivity contribution in [2.75, 3.05) is 0 Å². The standard InChI is InChI=1S/C17H12ClNO4S/c1-19-16(9-13(21)14-3-2-6-23-14)24-15(17(19)22)8-10-7-11(18)4-5-12(10)20/h2-9,20H,1H3. The molecular formula is C17H12ClNO4S. The summed E-state index contributed by atoms with van der Waals surface area (Å²) in [7, 11) is 1.58. The van der Waals surface area contributed by atoms with Crippen LogP contribution in [0.25, 0.3) is 12.2 Å². The second-order valence-corrected chi connectivity index (χ2v) is 6.50. The van der Waals surface area contributed by atoms with Gasteiger partial charge in [-0.25, -0.2) is 0 Å². The summed E-state index contributed by atoms with van der Waals surface area (Å²) in [6.45, 7) is 0. The van der Waals surface area contributed by atoms with Crippen LogP contribution in [0.15, 0.2) is 45.8 Å². The van der Waals surface area contributed by atoms with Crippen molar-refractivity contribution >= 4 is 40.9 Å². The lowest BCUT2D eigenvalue weighted by Gasteiger charge is -1.97. The van der Waals surface area contributed by atoms with E-state index in [9.17, 15) is 14.7 Å². The largest absolute Gasteiger partial charge is 0.507 e. The van der Waals surface area contributed by atoms with Crippen LogP contribution in [0.1, 0.15) is 16.1 Å². The normalized spacial score (nSPS) is 12.8. The van der Waals surface area contributed by atoms with Crippen LogP contribution >= 0.6 is 22.9 Å². The van der Waals surface area contributed by atoms with E-state index in [4.69, 9.17) is 16.0 Å². The van der Waals surface area contributed by atoms with Gasteiger partial charge >= 0.3 is 0 Å². The monoisotopic (exact) mass is 361 g/mol. The molecule has 3 rings (SSSR count). The van der Waals surface area contributed by atoms with Crippen LogP contribution in [-0.4, -0.2) is 15.5 Å². The molecule has 0 atom stereocenters. The Balaban J connectivity index is 2.12. The minimum atomic E-state index is -0.325. The SMILES string of the molecule is Cn1c(=CC(=O)c2ccco2)sc(=Cc2cc(Cl)ccc2O)c1=O. The summed E-state index contributed by atoms with van der Waals surface area (Å²) >= 11 is 7.06. The molecule has 0 bridgehead atoms. The Morgan fingerprint density at radius 2 is 2.17 bits per heavy atom. The Hall–Kier alpha value is -2.57. The third kappa shape index (κ3) is 3.20. The van der Waals surface area contributed by atoms with Crippen LogP contribution in [0.2, 0.25) is 5.02 Å². The van der Waals surface area contributed by atoms with Gasteiger partial charge in [0.25, 0.3) is 5.56 Å². The van der Waals surface area contributed by atoms with Crippen molar-refractivity contribution < 1.29 is 14.3 Å². The number of aromatic nitrogens is 1. The van der Waals surface area contributed by atoms with Gasteiger partial charge in [0.2, 0.25) is 5.78 Å². The van der Waals surface area contributed by atoms with Gasteiger partial charge in [0.05, 0.1) is 10.8 Å². The van der Waals surface area contributed by atoms with E-state index in [0.717, 1.165) is 11.3 Å². The smallest absolute Gasteiger partial charge is 0.268 e. The average Bonchev–Trinajstić information content (AvgIpc) is 3.17. The molecule has 122 valence electrons. The van der Waals surface area contributed by atoms with Gasteiger partial charge in [-0.2, -0.15) is 0 Å². The molecule has 0 aliphatic rings. The minimum Gasteiger partial charge on any atom is -0.507 e. The maximum absolute atomic E-state index is 12.3. The molecule has 3 aromatic rings. The molecular weight excluding hydrogens is 350 g/mol. The van der Waals surface area contributed by atoms with Crippen molar-refractivity contribution in [2.45, 2.75) is 0 Å². The second-order valence-electron chi connectivity index (χ2n) is 5.00. The summed E-state index contributed by atoms with van der Waals surface area (Å²) in [4.78, 5) is 24.4. The molecule has 0 aliphatic heterocycles. The van der Waals surface area contributed by atoms with Crippen molar-refractivity contribution in [3.63, 3.8) is 0 Å². The maximum atomic E-state index is 12.3. The first-order valence-corrected chi connectivity index (χ1v) is 8.11. The zero-order valence-electron chi connectivity index (χ0n) is 12.5. The van der Waals surface area contributed by atoms with E-state index in [1.165, 1.54) is 23.0 Å². The Morgan fingerprint density at radius 3 is 2.88 bits per heavy atom. The van der Waals surface area contributed by atoms with Crippen LogP contribution in [0.5, 0.6) is 5.75 Å². The third-order valence-corrected chi connectivity index (χ3v) is 4.70. The maximum Gasteiger partial charge on any atom is 0.268 e. The first kappa shape index (κ1) is 16.3. The van der Waals surface area contributed by atoms with Gasteiger partial charge in [0.1, 0.15) is 10.4 Å². The molecule has 2 heterocycles. The van der Waals surface area contributed by atoms with Gasteiger partial charge in [-0.05, 0) is 36.4 Å². The lowest BCUT2D eigenvalue weighted by atomic mass is 10.2. The lowest BCUT2D eigenvalue weighted by molar-refractivity contribution is 0.103. The summed E-state index contributed by atoms with van der Waals surface area (Å²) in [6, 6.07) is 7.76. The predicted molar refractivity (Wildman–Crippen MR) is 93.0 cm³/mol. The number of aromatic hydroxyl groups is 1. The lowest BCUT2D eigenvalue weighted by Crippen LogP contribution is -2.29. The highest BCUT2D eigenvalue weighted by Crippen LogP contribution is 2.21. The van der Waals surface area contributed by atoms with E-state index in [-0.39, 0.29) is 22.9 Å². The molecule has 0 amide bonds. The highest BCUT2D eigenvalue weighted by molar-refractivity contribution is 7.07. The third-order valence-electron chi connectivity index (χ3n) is 3.36. The van der Waals surface area contributed by atoms with Crippen molar-refractivity contribution in [3.05, 3.63) is 72.5 Å². The molecule has 0 saturated carbocycles. The van der Waals surface area contributed by atoms with Gasteiger partial charge in [-0.3, -0.25) is 9.59 Å². The first-order chi connectivity index (χ1) is 11.5. The Bertz CT molecular complexity index is 1080. The van der Waals surface area contributed by atoms with E-state index in [2.05, 4.69) is 0 Å². The van der Waals surface area contributed by atoms with Gasteiger partial charge in [0.15, 0.2) is 5.76 Å². The van der Waals surface area contributed by atoms with E-state index in [1.807, 2.05) is 0 Å². The number of phenols is 1. The first-order valence-electron chi connectivity index (χ1n) is 6.91. The number of nitrogens with zero attached hydrogens (tertiary/aromatic N) is 1. The van der Waals surface area contributed by atoms with Crippen LogP contribution in [0.3, 0.4) is 0 Å². The molecule has 1 N–H and O–H groups in total. The van der Waals surface area contributed by atoms with Crippen LogP contribution in [0, 0.1) is 0 Å². The number of Topliss-reactive ketones (excluding diaryl/α,β-unsaturated/α-hetero) is 1. The quantitative estimate of drug-likeness (QED) is 0.723. The van der Waals surface area contributed by atoms with Gasteiger partial charge in [-0.1, -0.05) is 11.6 Å². The zero-order valence-corrected chi connectivity index (χ0v) is 14.1. The van der Waals surface area contributed by atoms with Crippen molar-refractivity contribution in [2.24, 2.45) is 7.05 Å². The van der Waals surface area contributed by atoms with E-state index < -0.39 is 0 Å². The number of carbonyl (C=O) groups is 1. The second kappa shape index (κ2) is 6.51. The van der Waals surface area contributed by atoms with Crippen molar-refractivity contribution in [1.29, 1.82) is 0 Å². The number of furan rings is 1. The fourth-order valence-electron chi connectivity index (χ4n) is 2.09. The number of ketones is 1. The fraction of sp³-hybridized carbons (Fsp3) is 0.0588. The number of hydrogen-bond donors (Lipinski definition) is 1. The summed E-state index contributed by atoms with van der Waals surface area (Å²) < 4.78 is 7.29. The highest BCUT2D eigenvalue weighted by atomic mass is 35.5.